The molecule has 1 saturated heterocycles. The van der Waals surface area contributed by atoms with E-state index in [9.17, 15) is 19.5 Å². The first-order chi connectivity index (χ1) is 9.88. The predicted octanol–water partition coefficient (Wildman–Crippen LogP) is -0.167. The Morgan fingerprint density at radius 3 is 2.71 bits per heavy atom. The molecule has 1 aliphatic rings. The number of β-amino-alcohol motifs (C(OH)–C–C–N with tert-alkyl or cyclic N) is 1. The second kappa shape index (κ2) is 6.23. The lowest BCUT2D eigenvalue weighted by atomic mass is 10.2. The van der Waals surface area contributed by atoms with Crippen molar-refractivity contribution in [1.82, 2.24) is 10.2 Å². The van der Waals surface area contributed by atoms with Gasteiger partial charge < -0.3 is 20.4 Å². The molecule has 0 saturated carbocycles. The van der Waals surface area contributed by atoms with Crippen LogP contribution in [-0.2, 0) is 9.59 Å². The summed E-state index contributed by atoms with van der Waals surface area (Å²) in [4.78, 5) is 37.4. The van der Waals surface area contributed by atoms with E-state index in [-0.39, 0.29) is 25.4 Å². The molecule has 0 radical (unpaired) electrons. The first-order valence-electron chi connectivity index (χ1n) is 6.43. The topological polar surface area (TPSA) is 107 Å². The summed E-state index contributed by atoms with van der Waals surface area (Å²) in [7, 11) is 0. The van der Waals surface area contributed by atoms with E-state index in [2.05, 4.69) is 5.32 Å². The second-order valence-corrected chi connectivity index (χ2v) is 6.17. The van der Waals surface area contributed by atoms with Crippen molar-refractivity contribution in [2.45, 2.75) is 25.5 Å². The molecule has 2 rings (SSSR count). The summed E-state index contributed by atoms with van der Waals surface area (Å²) in [6.45, 7) is 1.56. The number of likely N-dealkylation sites (tertiary alicyclic amines) is 1. The molecular weight excluding hydrogens is 296 g/mol. The molecule has 0 unspecified atom stereocenters. The molecule has 21 heavy (non-hydrogen) atoms. The zero-order valence-electron chi connectivity index (χ0n) is 11.4. The fraction of sp³-hybridized carbons (Fsp3) is 0.462. The van der Waals surface area contributed by atoms with Gasteiger partial charge in [0.25, 0.3) is 5.91 Å². The van der Waals surface area contributed by atoms with Crippen LogP contribution in [0.2, 0.25) is 0 Å². The van der Waals surface area contributed by atoms with Gasteiger partial charge in [0.05, 0.1) is 17.5 Å². The maximum atomic E-state index is 12.0. The molecule has 2 heterocycles. The number of aliphatic hydroxyl groups is 1. The number of aliphatic hydroxyl groups excluding tert-OH is 1. The van der Waals surface area contributed by atoms with Crippen molar-refractivity contribution in [3.63, 3.8) is 0 Å². The van der Waals surface area contributed by atoms with Gasteiger partial charge in [-0.3, -0.25) is 9.59 Å². The Kier molecular flexibility index (Phi) is 4.59. The van der Waals surface area contributed by atoms with Crippen molar-refractivity contribution in [2.75, 3.05) is 13.1 Å². The third kappa shape index (κ3) is 3.59. The van der Waals surface area contributed by atoms with Crippen molar-refractivity contribution >= 4 is 29.1 Å². The van der Waals surface area contributed by atoms with Crippen LogP contribution >= 0.6 is 11.3 Å². The van der Waals surface area contributed by atoms with E-state index >= 15 is 0 Å². The van der Waals surface area contributed by atoms with E-state index in [1.807, 2.05) is 6.92 Å². The fourth-order valence-corrected chi connectivity index (χ4v) is 3.01. The number of rotatable bonds is 4. The van der Waals surface area contributed by atoms with Crippen LogP contribution in [0.4, 0.5) is 0 Å². The van der Waals surface area contributed by atoms with E-state index < -0.39 is 24.0 Å². The number of hydrogen-bond donors (Lipinski definition) is 3. The van der Waals surface area contributed by atoms with Crippen LogP contribution in [0.15, 0.2) is 12.1 Å². The summed E-state index contributed by atoms with van der Waals surface area (Å²) in [6.07, 6.45) is -0.829. The van der Waals surface area contributed by atoms with Crippen LogP contribution in [0.3, 0.4) is 0 Å². The summed E-state index contributed by atoms with van der Waals surface area (Å²) >= 11 is 1.31. The summed E-state index contributed by atoms with van der Waals surface area (Å²) < 4.78 is 0. The van der Waals surface area contributed by atoms with Gasteiger partial charge in [-0.15, -0.1) is 11.3 Å². The van der Waals surface area contributed by atoms with Gasteiger partial charge in [-0.2, -0.15) is 0 Å². The summed E-state index contributed by atoms with van der Waals surface area (Å²) in [6, 6.07) is 2.44. The molecule has 0 spiro atoms. The molecule has 0 bridgehead atoms. The lowest BCUT2D eigenvalue weighted by Gasteiger charge is -2.21. The van der Waals surface area contributed by atoms with Gasteiger partial charge in [-0.25, -0.2) is 4.79 Å². The number of carbonyl (C=O) groups is 3. The number of carboxylic acids is 1. The largest absolute Gasteiger partial charge is 0.480 e. The van der Waals surface area contributed by atoms with Crippen molar-refractivity contribution in [2.24, 2.45) is 0 Å². The van der Waals surface area contributed by atoms with Gasteiger partial charge in [0, 0.05) is 17.8 Å². The summed E-state index contributed by atoms with van der Waals surface area (Å²) in [5, 5.41) is 21.0. The van der Waals surface area contributed by atoms with Gasteiger partial charge in [0.1, 0.15) is 6.04 Å². The number of thiophene rings is 1. The Morgan fingerprint density at radius 1 is 1.43 bits per heavy atom. The molecule has 2 amide bonds. The lowest BCUT2D eigenvalue weighted by Crippen LogP contribution is -2.45. The molecular formula is C13H16N2O5S. The number of hydrogen-bond acceptors (Lipinski definition) is 5. The predicted molar refractivity (Wildman–Crippen MR) is 75.1 cm³/mol. The molecule has 0 aliphatic carbocycles. The Morgan fingerprint density at radius 2 is 2.14 bits per heavy atom. The van der Waals surface area contributed by atoms with E-state index in [0.29, 0.717) is 4.88 Å². The normalized spacial score (nSPS) is 21.3. The summed E-state index contributed by atoms with van der Waals surface area (Å²) in [5.74, 6) is -2.03. The highest BCUT2D eigenvalue weighted by molar-refractivity contribution is 7.13. The molecule has 1 aromatic rings. The number of carboxylic acid groups (broad SMARTS) is 1. The zero-order valence-corrected chi connectivity index (χ0v) is 12.2. The molecule has 2 atom stereocenters. The number of nitrogens with zero attached hydrogens (tertiary/aromatic N) is 1. The molecule has 1 aromatic heterocycles. The minimum absolute atomic E-state index is 0.0130. The van der Waals surface area contributed by atoms with Gasteiger partial charge in [0.2, 0.25) is 5.91 Å². The number of aliphatic carboxylic acids is 1. The van der Waals surface area contributed by atoms with Crippen LogP contribution in [0.5, 0.6) is 0 Å². The highest BCUT2D eigenvalue weighted by Crippen LogP contribution is 2.18. The Bertz CT molecular complexity index is 571. The standard InChI is InChI=1S/C13H16N2O5S/c1-7-2-3-10(21-7)12(18)14-5-11(17)15-6-8(16)4-9(15)13(19)20/h2-3,8-9,16H,4-6H2,1H3,(H,14,18)(H,19,20)/t8-,9+/m1/s1. The third-order valence-corrected chi connectivity index (χ3v) is 4.25. The minimum atomic E-state index is -1.15. The second-order valence-electron chi connectivity index (χ2n) is 4.88. The maximum Gasteiger partial charge on any atom is 0.326 e. The number of nitrogens with one attached hydrogen (secondary N) is 1. The number of aryl methyl sites for hydroxylation is 1. The fourth-order valence-electron chi connectivity index (χ4n) is 2.22. The molecule has 114 valence electrons. The highest BCUT2D eigenvalue weighted by Gasteiger charge is 2.38. The van der Waals surface area contributed by atoms with Crippen LogP contribution in [-0.4, -0.2) is 58.1 Å². The van der Waals surface area contributed by atoms with Gasteiger partial charge >= 0.3 is 5.97 Å². The van der Waals surface area contributed by atoms with Crippen molar-refractivity contribution in [3.05, 3.63) is 21.9 Å². The van der Waals surface area contributed by atoms with Crippen LogP contribution in [0.1, 0.15) is 21.0 Å². The Hall–Kier alpha value is -1.93. The molecule has 1 aliphatic heterocycles. The summed E-state index contributed by atoms with van der Waals surface area (Å²) in [5.41, 5.74) is 0. The number of amides is 2. The SMILES string of the molecule is Cc1ccc(C(=O)NCC(=O)N2C[C@H](O)C[C@H]2C(=O)O)s1. The van der Waals surface area contributed by atoms with Gasteiger partial charge in [-0.05, 0) is 19.1 Å². The van der Waals surface area contributed by atoms with Crippen LogP contribution in [0.25, 0.3) is 0 Å². The first kappa shape index (κ1) is 15.5. The van der Waals surface area contributed by atoms with E-state index in [0.717, 1.165) is 9.78 Å². The molecule has 7 nitrogen and oxygen atoms in total. The first-order valence-corrected chi connectivity index (χ1v) is 7.25. The molecule has 3 N–H and O–H groups in total. The van der Waals surface area contributed by atoms with E-state index in [4.69, 9.17) is 5.11 Å². The van der Waals surface area contributed by atoms with E-state index in [1.54, 1.807) is 12.1 Å². The molecule has 1 fully saturated rings. The number of carbonyl (C=O) groups excluding carboxylic acids is 2. The smallest absolute Gasteiger partial charge is 0.326 e. The zero-order chi connectivity index (χ0) is 15.6. The quantitative estimate of drug-likeness (QED) is 0.716. The Balaban J connectivity index is 1.92. The minimum Gasteiger partial charge on any atom is -0.480 e. The van der Waals surface area contributed by atoms with Crippen molar-refractivity contribution < 1.29 is 24.6 Å². The Labute approximate surface area is 125 Å². The van der Waals surface area contributed by atoms with E-state index in [1.165, 1.54) is 11.3 Å². The lowest BCUT2D eigenvalue weighted by molar-refractivity contribution is -0.147. The monoisotopic (exact) mass is 312 g/mol. The van der Waals surface area contributed by atoms with Gasteiger partial charge in [0.15, 0.2) is 0 Å². The van der Waals surface area contributed by atoms with Crippen molar-refractivity contribution in [3.8, 4) is 0 Å². The highest BCUT2D eigenvalue weighted by atomic mass is 32.1. The van der Waals surface area contributed by atoms with Crippen LogP contribution < -0.4 is 5.32 Å². The molecule has 8 heteroatoms. The average Bonchev–Trinajstić information content (AvgIpc) is 3.01. The van der Waals surface area contributed by atoms with Gasteiger partial charge in [-0.1, -0.05) is 0 Å². The average molecular weight is 312 g/mol. The molecule has 0 aromatic carbocycles. The third-order valence-electron chi connectivity index (χ3n) is 3.25. The van der Waals surface area contributed by atoms with Crippen LogP contribution in [0, 0.1) is 6.92 Å². The maximum absolute atomic E-state index is 12.0. The van der Waals surface area contributed by atoms with Crippen molar-refractivity contribution in [1.29, 1.82) is 0 Å².